The van der Waals surface area contributed by atoms with Crippen LogP contribution in [-0.2, 0) is 4.74 Å². The van der Waals surface area contributed by atoms with Gasteiger partial charge in [-0.05, 0) is 33.2 Å². The van der Waals surface area contributed by atoms with Crippen molar-refractivity contribution in [3.05, 3.63) is 0 Å². The fraction of sp³-hybridized carbons (Fsp3) is 1.00. The quantitative estimate of drug-likeness (QED) is 0.704. The van der Waals surface area contributed by atoms with E-state index in [9.17, 15) is 0 Å². The Kier molecular flexibility index (Phi) is 4.56. The fourth-order valence-electron chi connectivity index (χ4n) is 2.20. The first kappa shape index (κ1) is 12.9. The molecule has 0 amide bonds. The lowest BCUT2D eigenvalue weighted by Gasteiger charge is -2.52. The Balaban J connectivity index is 2.23. The van der Waals surface area contributed by atoms with Gasteiger partial charge in [0.1, 0.15) is 0 Å². The van der Waals surface area contributed by atoms with Crippen LogP contribution in [0.15, 0.2) is 0 Å². The van der Waals surface area contributed by atoms with E-state index in [0.717, 1.165) is 26.0 Å². The Bertz CT molecular complexity index is 192. The summed E-state index contributed by atoms with van der Waals surface area (Å²) in [6.07, 6.45) is 2.61. The second-order valence-corrected chi connectivity index (χ2v) is 5.27. The minimum absolute atomic E-state index is 0.272. The van der Waals surface area contributed by atoms with Gasteiger partial charge in [0.2, 0.25) is 0 Å². The first-order valence-corrected chi connectivity index (χ1v) is 6.09. The normalized spacial score (nSPS) is 31.0. The predicted octanol–water partition coefficient (Wildman–Crippen LogP) is 1.52. The van der Waals surface area contributed by atoms with E-state index in [1.165, 1.54) is 0 Å². The Morgan fingerprint density at radius 3 is 2.67 bits per heavy atom. The highest BCUT2D eigenvalue weighted by molar-refractivity contribution is 5.02. The summed E-state index contributed by atoms with van der Waals surface area (Å²) in [4.78, 5) is 0. The SMILES string of the molecule is CCOC1CC(NCCC(C)N)C1(C)C. The molecule has 0 radical (unpaired) electrons. The number of nitrogens with two attached hydrogens (primary N) is 1. The zero-order valence-electron chi connectivity index (χ0n) is 10.5. The molecule has 1 rings (SSSR count). The Morgan fingerprint density at radius 1 is 1.53 bits per heavy atom. The molecule has 3 unspecified atom stereocenters. The maximum absolute atomic E-state index is 5.72. The molecular formula is C12H26N2O. The maximum Gasteiger partial charge on any atom is 0.0655 e. The Labute approximate surface area is 93.8 Å². The molecule has 0 aromatic heterocycles. The highest BCUT2D eigenvalue weighted by Crippen LogP contribution is 2.42. The van der Waals surface area contributed by atoms with Gasteiger partial charge in [0.15, 0.2) is 0 Å². The van der Waals surface area contributed by atoms with Crippen molar-refractivity contribution in [2.75, 3.05) is 13.2 Å². The van der Waals surface area contributed by atoms with Crippen molar-refractivity contribution in [2.24, 2.45) is 11.1 Å². The fourth-order valence-corrected chi connectivity index (χ4v) is 2.20. The molecule has 3 nitrogen and oxygen atoms in total. The average molecular weight is 214 g/mol. The van der Waals surface area contributed by atoms with Gasteiger partial charge in [-0.2, -0.15) is 0 Å². The zero-order valence-corrected chi connectivity index (χ0v) is 10.5. The lowest BCUT2D eigenvalue weighted by molar-refractivity contribution is -0.114. The van der Waals surface area contributed by atoms with Gasteiger partial charge in [0.05, 0.1) is 6.10 Å². The minimum atomic E-state index is 0.272. The van der Waals surface area contributed by atoms with Crippen molar-refractivity contribution in [1.29, 1.82) is 0 Å². The number of nitrogens with one attached hydrogen (secondary N) is 1. The largest absolute Gasteiger partial charge is 0.378 e. The number of rotatable bonds is 6. The molecule has 0 bridgehead atoms. The van der Waals surface area contributed by atoms with Gasteiger partial charge < -0.3 is 15.8 Å². The lowest BCUT2D eigenvalue weighted by atomic mass is 9.64. The van der Waals surface area contributed by atoms with Gasteiger partial charge in [-0.3, -0.25) is 0 Å². The van der Waals surface area contributed by atoms with Crippen LogP contribution in [0.25, 0.3) is 0 Å². The van der Waals surface area contributed by atoms with Crippen LogP contribution >= 0.6 is 0 Å². The van der Waals surface area contributed by atoms with E-state index in [1.807, 2.05) is 0 Å². The first-order valence-electron chi connectivity index (χ1n) is 6.09. The molecule has 3 N–H and O–H groups in total. The third-order valence-electron chi connectivity index (χ3n) is 3.54. The summed E-state index contributed by atoms with van der Waals surface area (Å²) in [5.41, 5.74) is 5.99. The molecule has 90 valence electrons. The Morgan fingerprint density at radius 2 is 2.20 bits per heavy atom. The van der Waals surface area contributed by atoms with Crippen LogP contribution in [0.5, 0.6) is 0 Å². The van der Waals surface area contributed by atoms with E-state index in [-0.39, 0.29) is 5.41 Å². The molecule has 1 saturated carbocycles. The molecule has 0 heterocycles. The number of hydrogen-bond donors (Lipinski definition) is 2. The smallest absolute Gasteiger partial charge is 0.0655 e. The average Bonchev–Trinajstić information content (AvgIpc) is 2.15. The molecule has 1 fully saturated rings. The van der Waals surface area contributed by atoms with Crippen molar-refractivity contribution in [3.8, 4) is 0 Å². The van der Waals surface area contributed by atoms with Crippen LogP contribution in [-0.4, -0.2) is 31.3 Å². The molecule has 3 heteroatoms. The molecule has 15 heavy (non-hydrogen) atoms. The summed E-state index contributed by atoms with van der Waals surface area (Å²) in [6, 6.07) is 0.885. The van der Waals surface area contributed by atoms with Crippen LogP contribution in [0.3, 0.4) is 0 Å². The van der Waals surface area contributed by atoms with E-state index >= 15 is 0 Å². The van der Waals surface area contributed by atoms with E-state index < -0.39 is 0 Å². The van der Waals surface area contributed by atoms with Crippen molar-refractivity contribution >= 4 is 0 Å². The van der Waals surface area contributed by atoms with Crippen LogP contribution < -0.4 is 11.1 Å². The predicted molar refractivity (Wildman–Crippen MR) is 63.9 cm³/mol. The van der Waals surface area contributed by atoms with Crippen molar-refractivity contribution in [1.82, 2.24) is 5.32 Å². The summed E-state index contributed by atoms with van der Waals surface area (Å²) >= 11 is 0. The third kappa shape index (κ3) is 3.16. The minimum Gasteiger partial charge on any atom is -0.378 e. The van der Waals surface area contributed by atoms with Crippen LogP contribution in [0.1, 0.15) is 40.5 Å². The maximum atomic E-state index is 5.72. The van der Waals surface area contributed by atoms with E-state index in [1.54, 1.807) is 0 Å². The lowest BCUT2D eigenvalue weighted by Crippen LogP contribution is -2.61. The van der Waals surface area contributed by atoms with Crippen LogP contribution in [0.2, 0.25) is 0 Å². The van der Waals surface area contributed by atoms with E-state index in [2.05, 4.69) is 33.0 Å². The van der Waals surface area contributed by atoms with Crippen molar-refractivity contribution in [2.45, 2.75) is 58.7 Å². The van der Waals surface area contributed by atoms with E-state index in [4.69, 9.17) is 10.5 Å². The number of hydrogen-bond acceptors (Lipinski definition) is 3. The zero-order chi connectivity index (χ0) is 11.5. The highest BCUT2D eigenvalue weighted by atomic mass is 16.5. The number of ether oxygens (including phenoxy) is 1. The molecular weight excluding hydrogens is 188 g/mol. The second kappa shape index (κ2) is 5.28. The third-order valence-corrected chi connectivity index (χ3v) is 3.54. The summed E-state index contributed by atoms with van der Waals surface area (Å²) in [6.45, 7) is 10.5. The topological polar surface area (TPSA) is 47.3 Å². The van der Waals surface area contributed by atoms with E-state index in [0.29, 0.717) is 18.2 Å². The van der Waals surface area contributed by atoms with Gasteiger partial charge >= 0.3 is 0 Å². The molecule has 0 aliphatic heterocycles. The second-order valence-electron chi connectivity index (χ2n) is 5.27. The van der Waals surface area contributed by atoms with Gasteiger partial charge in [0.25, 0.3) is 0 Å². The standard InChI is InChI=1S/C12H26N2O/c1-5-15-11-8-10(12(11,3)4)14-7-6-9(2)13/h9-11,14H,5-8,13H2,1-4H3. The van der Waals surface area contributed by atoms with Gasteiger partial charge in [-0.1, -0.05) is 13.8 Å². The molecule has 0 spiro atoms. The first-order chi connectivity index (χ1) is 6.98. The summed E-state index contributed by atoms with van der Waals surface area (Å²) < 4.78 is 5.69. The summed E-state index contributed by atoms with van der Waals surface area (Å²) in [5.74, 6) is 0. The van der Waals surface area contributed by atoms with Crippen molar-refractivity contribution < 1.29 is 4.74 Å². The molecule has 1 aliphatic carbocycles. The Hall–Kier alpha value is -0.120. The summed E-state index contributed by atoms with van der Waals surface area (Å²) in [7, 11) is 0. The van der Waals surface area contributed by atoms with Gasteiger partial charge in [0, 0.05) is 24.1 Å². The molecule has 0 aromatic rings. The highest BCUT2D eigenvalue weighted by Gasteiger charge is 2.48. The van der Waals surface area contributed by atoms with Crippen LogP contribution in [0, 0.1) is 5.41 Å². The van der Waals surface area contributed by atoms with Crippen molar-refractivity contribution in [3.63, 3.8) is 0 Å². The monoisotopic (exact) mass is 214 g/mol. The molecule has 3 atom stereocenters. The van der Waals surface area contributed by atoms with Gasteiger partial charge in [-0.15, -0.1) is 0 Å². The molecule has 0 aromatic carbocycles. The molecule has 1 aliphatic rings. The summed E-state index contributed by atoms with van der Waals surface area (Å²) in [5, 5.41) is 3.57. The van der Waals surface area contributed by atoms with Gasteiger partial charge in [-0.25, -0.2) is 0 Å². The molecule has 0 saturated heterocycles. The van der Waals surface area contributed by atoms with Crippen LogP contribution in [0.4, 0.5) is 0 Å².